The molecule has 9 heteroatoms. The monoisotopic (exact) mass is 464 g/mol. The van der Waals surface area contributed by atoms with Gasteiger partial charge in [-0.25, -0.2) is 9.37 Å². The van der Waals surface area contributed by atoms with Crippen LogP contribution in [0.2, 0.25) is 0 Å². The highest BCUT2D eigenvalue weighted by molar-refractivity contribution is 7.09. The Balaban J connectivity index is 1.28. The smallest absolute Gasteiger partial charge is 0.187 e. The van der Waals surface area contributed by atoms with Gasteiger partial charge in [-0.15, -0.1) is 11.3 Å². The van der Waals surface area contributed by atoms with Gasteiger partial charge in [-0.05, 0) is 43.5 Å². The maximum atomic E-state index is 12.9. The number of carbonyl (C=O) groups is 1. The average molecular weight is 465 g/mol. The number of ketones is 1. The first-order valence-electron chi connectivity index (χ1n) is 11.1. The Hall–Kier alpha value is -3.04. The number of thiazole rings is 1. The van der Waals surface area contributed by atoms with Gasteiger partial charge in [0.05, 0.1) is 23.3 Å². The van der Waals surface area contributed by atoms with Gasteiger partial charge in [0.15, 0.2) is 5.78 Å². The number of Topliss-reactive ketones (excluding diaryl/α,β-unsaturated/α-hetero) is 1. The van der Waals surface area contributed by atoms with E-state index in [2.05, 4.69) is 25.0 Å². The molecule has 5 rings (SSSR count). The molecule has 1 aliphatic rings. The molecular weight excluding hydrogens is 439 g/mol. The molecule has 1 fully saturated rings. The maximum Gasteiger partial charge on any atom is 0.187 e. The first-order valence-corrected chi connectivity index (χ1v) is 12.0. The van der Waals surface area contributed by atoms with Crippen LogP contribution in [0.3, 0.4) is 0 Å². The van der Waals surface area contributed by atoms with Gasteiger partial charge in [0.25, 0.3) is 0 Å². The molecule has 0 spiro atoms. The molecule has 7 nitrogen and oxygen atoms in total. The Morgan fingerprint density at radius 1 is 1.15 bits per heavy atom. The van der Waals surface area contributed by atoms with Gasteiger partial charge < -0.3 is 4.90 Å². The topological polar surface area (TPSA) is 76.8 Å². The third kappa shape index (κ3) is 4.84. The second-order valence-corrected chi connectivity index (χ2v) is 9.36. The molecule has 33 heavy (non-hydrogen) atoms. The molecule has 5 heterocycles. The van der Waals surface area contributed by atoms with Gasteiger partial charge in [-0.1, -0.05) is 0 Å². The predicted octanol–water partition coefficient (Wildman–Crippen LogP) is 4.06. The van der Waals surface area contributed by atoms with Crippen molar-refractivity contribution in [2.45, 2.75) is 25.2 Å². The van der Waals surface area contributed by atoms with Crippen molar-refractivity contribution in [2.24, 2.45) is 7.05 Å². The lowest BCUT2D eigenvalue weighted by molar-refractivity contribution is 0.0987. The lowest BCUT2D eigenvalue weighted by atomic mass is 9.97. The number of hydrogen-bond acceptors (Lipinski definition) is 7. The Labute approximate surface area is 195 Å². The molecule has 4 aromatic heterocycles. The predicted molar refractivity (Wildman–Crippen MR) is 126 cm³/mol. The quantitative estimate of drug-likeness (QED) is 0.384. The van der Waals surface area contributed by atoms with Crippen LogP contribution in [0.25, 0.3) is 22.0 Å². The van der Waals surface area contributed by atoms with E-state index < -0.39 is 0 Å². The number of aryl methyl sites for hydroxylation is 1. The Kier molecular flexibility index (Phi) is 6.24. The van der Waals surface area contributed by atoms with Crippen molar-refractivity contribution in [3.8, 4) is 11.3 Å². The molecule has 0 saturated carbocycles. The number of piperidine rings is 1. The number of alkyl halides is 1. The van der Waals surface area contributed by atoms with Crippen LogP contribution < -0.4 is 0 Å². The number of halogens is 1. The molecule has 4 aromatic rings. The van der Waals surface area contributed by atoms with E-state index in [1.165, 1.54) is 0 Å². The largest absolute Gasteiger partial charge is 0.301 e. The van der Waals surface area contributed by atoms with E-state index in [1.54, 1.807) is 34.6 Å². The lowest BCUT2D eigenvalue weighted by Gasteiger charge is -2.30. The van der Waals surface area contributed by atoms with Crippen LogP contribution in [0.5, 0.6) is 0 Å². The van der Waals surface area contributed by atoms with Crippen molar-refractivity contribution in [3.05, 3.63) is 58.7 Å². The molecule has 0 radical (unpaired) electrons. The summed E-state index contributed by atoms with van der Waals surface area (Å²) in [5, 5.41) is 8.99. The van der Waals surface area contributed by atoms with E-state index in [0.29, 0.717) is 23.9 Å². The van der Waals surface area contributed by atoms with Crippen LogP contribution in [-0.4, -0.2) is 61.7 Å². The molecule has 0 unspecified atom stereocenters. The third-order valence-corrected chi connectivity index (χ3v) is 7.15. The molecule has 1 aliphatic heterocycles. The summed E-state index contributed by atoms with van der Waals surface area (Å²) in [5.74, 6) is 0.324. The van der Waals surface area contributed by atoms with Crippen molar-refractivity contribution in [1.29, 1.82) is 0 Å². The van der Waals surface area contributed by atoms with Gasteiger partial charge in [0.1, 0.15) is 12.4 Å². The van der Waals surface area contributed by atoms with Crippen LogP contribution in [0.1, 0.15) is 39.9 Å². The highest BCUT2D eigenvalue weighted by Crippen LogP contribution is 2.30. The summed E-state index contributed by atoms with van der Waals surface area (Å²) < 4.78 is 14.3. The molecule has 0 amide bonds. The number of pyridine rings is 2. The number of fused-ring (bicyclic) bond motifs is 1. The standard InChI is InChI=1S/C24H25FN6OS/c1-30-14-19(13-28-30)21-9-17-8-20(26-11-18(17)12-27-21)10-23(32)22-15-33-24(29-22)16-2-5-31(6-3-16)7-4-25/h8-9,11-16H,2-7,10H2,1H3. The van der Waals surface area contributed by atoms with Crippen molar-refractivity contribution >= 4 is 27.9 Å². The van der Waals surface area contributed by atoms with E-state index in [1.807, 2.05) is 30.8 Å². The van der Waals surface area contributed by atoms with Gasteiger partial charge >= 0.3 is 0 Å². The number of nitrogens with zero attached hydrogens (tertiary/aromatic N) is 6. The lowest BCUT2D eigenvalue weighted by Crippen LogP contribution is -2.34. The third-order valence-electron chi connectivity index (χ3n) is 6.15. The summed E-state index contributed by atoms with van der Waals surface area (Å²) in [4.78, 5) is 28.7. The van der Waals surface area contributed by atoms with Crippen LogP contribution >= 0.6 is 11.3 Å². The van der Waals surface area contributed by atoms with Crippen LogP contribution in [0.4, 0.5) is 4.39 Å². The fourth-order valence-corrected chi connectivity index (χ4v) is 5.27. The summed E-state index contributed by atoms with van der Waals surface area (Å²) in [6, 6.07) is 3.95. The van der Waals surface area contributed by atoms with E-state index in [4.69, 9.17) is 0 Å². The molecule has 0 aromatic carbocycles. The van der Waals surface area contributed by atoms with Gasteiger partial charge in [-0.3, -0.25) is 19.4 Å². The Bertz CT molecular complexity index is 1280. The summed E-state index contributed by atoms with van der Waals surface area (Å²) in [6.07, 6.45) is 9.38. The van der Waals surface area contributed by atoms with Gasteiger partial charge in [-0.2, -0.15) is 5.10 Å². The number of hydrogen-bond donors (Lipinski definition) is 0. The molecule has 0 atom stereocenters. The van der Waals surface area contributed by atoms with Crippen LogP contribution in [0.15, 0.2) is 42.3 Å². The van der Waals surface area contributed by atoms with Crippen molar-refractivity contribution in [1.82, 2.24) is 29.6 Å². The normalized spacial score (nSPS) is 15.3. The molecule has 0 bridgehead atoms. The summed E-state index contributed by atoms with van der Waals surface area (Å²) in [6.45, 7) is 1.97. The van der Waals surface area contributed by atoms with Gasteiger partial charge in [0.2, 0.25) is 0 Å². The van der Waals surface area contributed by atoms with Crippen molar-refractivity contribution in [2.75, 3.05) is 26.3 Å². The second-order valence-electron chi connectivity index (χ2n) is 8.47. The number of rotatable bonds is 7. The van der Waals surface area contributed by atoms with Gasteiger partial charge in [0, 0.05) is 60.1 Å². The summed E-state index contributed by atoms with van der Waals surface area (Å²) in [5.41, 5.74) is 3.00. The minimum atomic E-state index is -0.301. The Morgan fingerprint density at radius 3 is 2.73 bits per heavy atom. The second kappa shape index (κ2) is 9.44. The number of likely N-dealkylation sites (tertiary alicyclic amines) is 1. The zero-order valence-electron chi connectivity index (χ0n) is 18.4. The van der Waals surface area contributed by atoms with E-state index in [9.17, 15) is 9.18 Å². The Morgan fingerprint density at radius 2 is 1.97 bits per heavy atom. The zero-order valence-corrected chi connectivity index (χ0v) is 19.3. The molecular formula is C24H25FN6OS. The average Bonchev–Trinajstić information content (AvgIpc) is 3.49. The first kappa shape index (κ1) is 21.8. The minimum Gasteiger partial charge on any atom is -0.301 e. The first-order chi connectivity index (χ1) is 16.1. The molecule has 0 N–H and O–H groups in total. The fraction of sp³-hybridized carbons (Fsp3) is 0.375. The SMILES string of the molecule is Cn1cc(-c2cc3cc(CC(=O)c4csc(C5CCN(CCF)CC5)n4)ncc3cn2)cn1. The fourth-order valence-electron chi connectivity index (χ4n) is 4.27. The zero-order chi connectivity index (χ0) is 22.8. The van der Waals surface area contributed by atoms with E-state index in [-0.39, 0.29) is 18.9 Å². The molecule has 1 saturated heterocycles. The van der Waals surface area contributed by atoms with Crippen LogP contribution in [0, 0.1) is 0 Å². The maximum absolute atomic E-state index is 12.9. The van der Waals surface area contributed by atoms with Crippen molar-refractivity contribution < 1.29 is 9.18 Å². The summed E-state index contributed by atoms with van der Waals surface area (Å²) in [7, 11) is 1.87. The summed E-state index contributed by atoms with van der Waals surface area (Å²) >= 11 is 1.55. The molecule has 0 aliphatic carbocycles. The number of aromatic nitrogens is 5. The van der Waals surface area contributed by atoms with Crippen LogP contribution in [-0.2, 0) is 13.5 Å². The molecule has 170 valence electrons. The van der Waals surface area contributed by atoms with E-state index in [0.717, 1.165) is 53.0 Å². The highest BCUT2D eigenvalue weighted by Gasteiger charge is 2.24. The van der Waals surface area contributed by atoms with Crippen molar-refractivity contribution in [3.63, 3.8) is 0 Å². The highest BCUT2D eigenvalue weighted by atomic mass is 32.1. The number of carbonyl (C=O) groups excluding carboxylic acids is 1. The minimum absolute atomic E-state index is 0.0271. The van der Waals surface area contributed by atoms with E-state index >= 15 is 0 Å².